The zero-order valence-electron chi connectivity index (χ0n) is 9.32. The maximum Gasteiger partial charge on any atom is 0.115 e. The zero-order valence-corrected chi connectivity index (χ0v) is 9.32. The lowest BCUT2D eigenvalue weighted by Crippen LogP contribution is -2.28. The van der Waals surface area contributed by atoms with Crippen molar-refractivity contribution >= 4 is 0 Å². The Labute approximate surface area is 91.3 Å². The number of nitrogens with zero attached hydrogens (tertiary/aromatic N) is 2. The van der Waals surface area contributed by atoms with Gasteiger partial charge in [-0.2, -0.15) is 0 Å². The molecule has 1 unspecified atom stereocenters. The fourth-order valence-electron chi connectivity index (χ4n) is 1.60. The highest BCUT2D eigenvalue weighted by molar-refractivity contribution is 5.03. The van der Waals surface area contributed by atoms with Gasteiger partial charge >= 0.3 is 0 Å². The van der Waals surface area contributed by atoms with Gasteiger partial charge in [0.2, 0.25) is 0 Å². The van der Waals surface area contributed by atoms with Crippen LogP contribution in [0.5, 0.6) is 0 Å². The molecule has 0 amide bonds. The molecule has 0 aliphatic heterocycles. The van der Waals surface area contributed by atoms with Gasteiger partial charge in [0.25, 0.3) is 0 Å². The molecule has 4 heteroatoms. The first-order valence-corrected chi connectivity index (χ1v) is 5.60. The minimum atomic E-state index is 0.157. The van der Waals surface area contributed by atoms with E-state index in [1.807, 2.05) is 6.07 Å². The van der Waals surface area contributed by atoms with Crippen molar-refractivity contribution in [3.05, 3.63) is 24.3 Å². The molecule has 1 heterocycles. The van der Waals surface area contributed by atoms with E-state index in [9.17, 15) is 0 Å². The van der Waals surface area contributed by atoms with Gasteiger partial charge < -0.3 is 0 Å². The van der Waals surface area contributed by atoms with Crippen LogP contribution in [0, 0.1) is 0 Å². The number of aromatic nitrogens is 2. The van der Waals surface area contributed by atoms with Crippen LogP contribution >= 0.6 is 0 Å². The Kier molecular flexibility index (Phi) is 5.88. The maximum absolute atomic E-state index is 5.51. The Hall–Kier alpha value is -1.00. The van der Waals surface area contributed by atoms with Crippen molar-refractivity contribution in [1.82, 2.24) is 15.4 Å². The van der Waals surface area contributed by atoms with Gasteiger partial charge in [0.1, 0.15) is 6.33 Å². The molecule has 0 aliphatic carbocycles. The first-order chi connectivity index (χ1) is 7.38. The minimum absolute atomic E-state index is 0.157. The van der Waals surface area contributed by atoms with Gasteiger partial charge in [-0.15, -0.1) is 0 Å². The van der Waals surface area contributed by atoms with Gasteiger partial charge in [0.05, 0.1) is 11.7 Å². The largest absolute Gasteiger partial charge is 0.271 e. The zero-order chi connectivity index (χ0) is 10.9. The summed E-state index contributed by atoms with van der Waals surface area (Å²) in [6.45, 7) is 2.21. The van der Waals surface area contributed by atoms with E-state index in [4.69, 9.17) is 5.84 Å². The molecule has 84 valence electrons. The Morgan fingerprint density at radius 3 is 2.87 bits per heavy atom. The number of unbranched alkanes of at least 4 members (excludes halogenated alkanes) is 3. The van der Waals surface area contributed by atoms with Crippen LogP contribution in [-0.4, -0.2) is 9.97 Å². The average Bonchev–Trinajstić information content (AvgIpc) is 2.30. The first-order valence-electron chi connectivity index (χ1n) is 5.60. The van der Waals surface area contributed by atoms with Crippen LogP contribution < -0.4 is 11.3 Å². The highest BCUT2D eigenvalue weighted by Crippen LogP contribution is 2.16. The summed E-state index contributed by atoms with van der Waals surface area (Å²) in [5, 5.41) is 0. The van der Waals surface area contributed by atoms with Gasteiger partial charge in [-0.3, -0.25) is 11.3 Å². The van der Waals surface area contributed by atoms with E-state index in [0.29, 0.717) is 0 Å². The van der Waals surface area contributed by atoms with Crippen LogP contribution in [-0.2, 0) is 0 Å². The van der Waals surface area contributed by atoms with Crippen molar-refractivity contribution in [3.8, 4) is 0 Å². The molecule has 15 heavy (non-hydrogen) atoms. The summed E-state index contributed by atoms with van der Waals surface area (Å²) < 4.78 is 0. The van der Waals surface area contributed by atoms with E-state index in [0.717, 1.165) is 12.1 Å². The molecule has 0 saturated heterocycles. The summed E-state index contributed by atoms with van der Waals surface area (Å²) in [4.78, 5) is 8.09. The Bertz CT molecular complexity index is 250. The number of rotatable bonds is 7. The van der Waals surface area contributed by atoms with Gasteiger partial charge in [0, 0.05) is 6.20 Å². The number of nitrogens with one attached hydrogen (secondary N) is 1. The third-order valence-corrected chi connectivity index (χ3v) is 2.51. The van der Waals surface area contributed by atoms with Crippen molar-refractivity contribution in [1.29, 1.82) is 0 Å². The summed E-state index contributed by atoms with van der Waals surface area (Å²) in [5.74, 6) is 5.51. The van der Waals surface area contributed by atoms with Crippen LogP contribution in [0.2, 0.25) is 0 Å². The normalized spacial score (nSPS) is 12.7. The highest BCUT2D eigenvalue weighted by Gasteiger charge is 2.09. The topological polar surface area (TPSA) is 63.8 Å². The van der Waals surface area contributed by atoms with Crippen molar-refractivity contribution in [3.63, 3.8) is 0 Å². The van der Waals surface area contributed by atoms with E-state index < -0.39 is 0 Å². The standard InChI is InChI=1S/C11H20N4/c1-2-3-4-5-6-11(15-12)10-7-8-13-9-14-10/h7-9,11,15H,2-6,12H2,1H3. The van der Waals surface area contributed by atoms with E-state index in [-0.39, 0.29) is 6.04 Å². The fraction of sp³-hybridized carbons (Fsp3) is 0.636. The first kappa shape index (κ1) is 12.1. The molecular formula is C11H20N4. The molecule has 1 aromatic rings. The van der Waals surface area contributed by atoms with Crippen molar-refractivity contribution < 1.29 is 0 Å². The van der Waals surface area contributed by atoms with E-state index in [2.05, 4.69) is 22.3 Å². The molecular weight excluding hydrogens is 188 g/mol. The van der Waals surface area contributed by atoms with Crippen LogP contribution in [0.4, 0.5) is 0 Å². The third kappa shape index (κ3) is 4.36. The molecule has 1 rings (SSSR count). The van der Waals surface area contributed by atoms with Crippen molar-refractivity contribution in [2.75, 3.05) is 0 Å². The Balaban J connectivity index is 2.36. The molecule has 0 saturated carbocycles. The predicted octanol–water partition coefficient (Wildman–Crippen LogP) is 1.95. The van der Waals surface area contributed by atoms with Gasteiger partial charge in [0.15, 0.2) is 0 Å². The average molecular weight is 208 g/mol. The number of hydrogen-bond donors (Lipinski definition) is 2. The second-order valence-electron chi connectivity index (χ2n) is 3.70. The predicted molar refractivity (Wildman–Crippen MR) is 60.9 cm³/mol. The number of nitrogens with two attached hydrogens (primary N) is 1. The molecule has 1 atom stereocenters. The Morgan fingerprint density at radius 1 is 1.40 bits per heavy atom. The molecule has 0 radical (unpaired) electrons. The molecule has 0 fully saturated rings. The Morgan fingerprint density at radius 2 is 2.27 bits per heavy atom. The van der Waals surface area contributed by atoms with Crippen molar-refractivity contribution in [2.45, 2.75) is 45.1 Å². The third-order valence-electron chi connectivity index (χ3n) is 2.51. The van der Waals surface area contributed by atoms with Gasteiger partial charge in [-0.05, 0) is 12.5 Å². The summed E-state index contributed by atoms with van der Waals surface area (Å²) >= 11 is 0. The lowest BCUT2D eigenvalue weighted by Gasteiger charge is -2.14. The second kappa shape index (κ2) is 7.31. The number of hydrogen-bond acceptors (Lipinski definition) is 4. The SMILES string of the molecule is CCCCCCC(NN)c1ccncn1. The minimum Gasteiger partial charge on any atom is -0.271 e. The van der Waals surface area contributed by atoms with Crippen molar-refractivity contribution in [2.24, 2.45) is 5.84 Å². The monoisotopic (exact) mass is 208 g/mol. The smallest absolute Gasteiger partial charge is 0.115 e. The lowest BCUT2D eigenvalue weighted by atomic mass is 10.1. The van der Waals surface area contributed by atoms with E-state index in [1.54, 1.807) is 12.5 Å². The molecule has 0 spiro atoms. The number of hydrazine groups is 1. The molecule has 0 bridgehead atoms. The van der Waals surface area contributed by atoms with Crippen LogP contribution in [0.25, 0.3) is 0 Å². The van der Waals surface area contributed by atoms with Crippen LogP contribution in [0.3, 0.4) is 0 Å². The summed E-state index contributed by atoms with van der Waals surface area (Å²) in [5.41, 5.74) is 3.78. The fourth-order valence-corrected chi connectivity index (χ4v) is 1.60. The van der Waals surface area contributed by atoms with Crippen LogP contribution in [0.15, 0.2) is 18.6 Å². The van der Waals surface area contributed by atoms with E-state index in [1.165, 1.54) is 25.7 Å². The summed E-state index contributed by atoms with van der Waals surface area (Å²) in [7, 11) is 0. The quantitative estimate of drug-likeness (QED) is 0.408. The van der Waals surface area contributed by atoms with Crippen LogP contribution in [0.1, 0.15) is 50.8 Å². The molecule has 3 N–H and O–H groups in total. The van der Waals surface area contributed by atoms with Gasteiger partial charge in [-0.25, -0.2) is 9.97 Å². The van der Waals surface area contributed by atoms with E-state index >= 15 is 0 Å². The van der Waals surface area contributed by atoms with Gasteiger partial charge in [-0.1, -0.05) is 32.6 Å². The highest BCUT2D eigenvalue weighted by atomic mass is 15.2. The molecule has 1 aromatic heterocycles. The molecule has 0 aromatic carbocycles. The summed E-state index contributed by atoms with van der Waals surface area (Å²) in [6, 6.07) is 2.06. The molecule has 0 aliphatic rings. The summed E-state index contributed by atoms with van der Waals surface area (Å²) in [6.07, 6.45) is 9.35. The maximum atomic E-state index is 5.51. The molecule has 4 nitrogen and oxygen atoms in total. The lowest BCUT2D eigenvalue weighted by molar-refractivity contribution is 0.472. The second-order valence-corrected chi connectivity index (χ2v) is 3.70.